The Bertz CT molecular complexity index is 882. The van der Waals surface area contributed by atoms with Crippen molar-refractivity contribution in [2.24, 2.45) is 7.05 Å². The molecule has 0 N–H and O–H groups in total. The maximum atomic E-state index is 12.7. The van der Waals surface area contributed by atoms with Crippen LogP contribution >= 0.6 is 0 Å². The van der Waals surface area contributed by atoms with Gasteiger partial charge in [0, 0.05) is 50.6 Å². The molecule has 7 heteroatoms. The summed E-state index contributed by atoms with van der Waals surface area (Å²) >= 11 is 0. The Labute approximate surface area is 166 Å². The molecule has 0 aliphatic carbocycles. The van der Waals surface area contributed by atoms with Crippen LogP contribution in [0.25, 0.3) is 0 Å². The Morgan fingerprint density at radius 1 is 1.14 bits per heavy atom. The van der Waals surface area contributed by atoms with E-state index >= 15 is 0 Å². The fourth-order valence-electron chi connectivity index (χ4n) is 4.60. The number of anilines is 1. The summed E-state index contributed by atoms with van der Waals surface area (Å²) < 4.78 is 3.75. The first-order valence-electron chi connectivity index (χ1n) is 10.7. The van der Waals surface area contributed by atoms with Gasteiger partial charge in [-0.15, -0.1) is 0 Å². The van der Waals surface area contributed by atoms with Gasteiger partial charge in [0.1, 0.15) is 0 Å². The van der Waals surface area contributed by atoms with Gasteiger partial charge in [0.2, 0.25) is 0 Å². The molecule has 2 aromatic rings. The van der Waals surface area contributed by atoms with E-state index in [2.05, 4.69) is 28.7 Å². The van der Waals surface area contributed by atoms with E-state index in [0.29, 0.717) is 0 Å². The van der Waals surface area contributed by atoms with Gasteiger partial charge in [-0.2, -0.15) is 10.2 Å². The summed E-state index contributed by atoms with van der Waals surface area (Å²) in [7, 11) is 2.05. The number of aryl methyl sites for hydroxylation is 2. The van der Waals surface area contributed by atoms with Gasteiger partial charge >= 0.3 is 0 Å². The summed E-state index contributed by atoms with van der Waals surface area (Å²) in [6.45, 7) is 9.29. The molecule has 0 amide bonds. The highest BCUT2D eigenvalue weighted by molar-refractivity contribution is 5.44. The molecular formula is C21H32N6O. The lowest BCUT2D eigenvalue weighted by molar-refractivity contribution is 0.159. The number of likely N-dealkylation sites (tertiary alicyclic amines) is 1. The molecule has 2 aliphatic rings. The van der Waals surface area contributed by atoms with Gasteiger partial charge in [0.15, 0.2) is 0 Å². The SMILES string of the molecule is CCc1nn(C)c(CC)c1CN1CCCC(n2ncc(N3CCC3)cc2=O)C1. The predicted molar refractivity (Wildman–Crippen MR) is 111 cm³/mol. The van der Waals surface area contributed by atoms with E-state index < -0.39 is 0 Å². The number of rotatable bonds is 6. The van der Waals surface area contributed by atoms with Crippen LogP contribution in [-0.4, -0.2) is 50.6 Å². The van der Waals surface area contributed by atoms with Crippen LogP contribution in [0.15, 0.2) is 17.1 Å². The van der Waals surface area contributed by atoms with E-state index in [0.717, 1.165) is 64.1 Å². The van der Waals surface area contributed by atoms with Crippen LogP contribution in [0.5, 0.6) is 0 Å². The number of hydrogen-bond acceptors (Lipinski definition) is 5. The van der Waals surface area contributed by atoms with Crippen LogP contribution in [0.3, 0.4) is 0 Å². The van der Waals surface area contributed by atoms with E-state index in [1.165, 1.54) is 23.4 Å². The standard InChI is InChI=1S/C21H32N6O/c1-4-19-18(20(5-2)24(3)23-19)15-25-9-6-8-16(14-25)27-21(28)12-17(13-22-27)26-10-7-11-26/h12-13,16H,4-11,14-15H2,1-3H3. The molecule has 0 radical (unpaired) electrons. The minimum Gasteiger partial charge on any atom is -0.370 e. The highest BCUT2D eigenvalue weighted by Gasteiger charge is 2.26. The molecule has 4 heterocycles. The predicted octanol–water partition coefficient (Wildman–Crippen LogP) is 2.15. The molecule has 2 fully saturated rings. The Morgan fingerprint density at radius 3 is 2.61 bits per heavy atom. The van der Waals surface area contributed by atoms with Gasteiger partial charge in [-0.05, 0) is 38.6 Å². The highest BCUT2D eigenvalue weighted by Crippen LogP contribution is 2.25. The molecule has 0 spiro atoms. The van der Waals surface area contributed by atoms with Gasteiger partial charge in [0.25, 0.3) is 5.56 Å². The number of aromatic nitrogens is 4. The molecule has 2 aromatic heterocycles. The average Bonchev–Trinajstić information content (AvgIpc) is 2.95. The van der Waals surface area contributed by atoms with Gasteiger partial charge in [-0.25, -0.2) is 4.68 Å². The van der Waals surface area contributed by atoms with Gasteiger partial charge < -0.3 is 4.90 Å². The third kappa shape index (κ3) is 3.60. The summed E-state index contributed by atoms with van der Waals surface area (Å²) in [6, 6.07) is 1.91. The summed E-state index contributed by atoms with van der Waals surface area (Å²) in [5.41, 5.74) is 4.90. The van der Waals surface area contributed by atoms with E-state index in [4.69, 9.17) is 5.10 Å². The summed E-state index contributed by atoms with van der Waals surface area (Å²) in [5, 5.41) is 9.25. The molecule has 0 saturated carbocycles. The molecule has 1 atom stereocenters. The molecule has 0 bridgehead atoms. The van der Waals surface area contributed by atoms with Crippen molar-refractivity contribution in [2.45, 2.75) is 58.5 Å². The zero-order chi connectivity index (χ0) is 19.7. The normalized spacial score (nSPS) is 20.4. The summed E-state index contributed by atoms with van der Waals surface area (Å²) in [6.07, 6.45) is 7.13. The monoisotopic (exact) mass is 384 g/mol. The Hall–Kier alpha value is -2.15. The Morgan fingerprint density at radius 2 is 1.96 bits per heavy atom. The minimum absolute atomic E-state index is 0.0288. The third-order valence-corrected chi connectivity index (χ3v) is 6.27. The Balaban J connectivity index is 1.50. The number of hydrogen-bond donors (Lipinski definition) is 0. The van der Waals surface area contributed by atoms with Gasteiger partial charge in [-0.3, -0.25) is 14.4 Å². The summed E-state index contributed by atoms with van der Waals surface area (Å²) in [5.74, 6) is 0. The maximum Gasteiger partial charge on any atom is 0.269 e. The highest BCUT2D eigenvalue weighted by atomic mass is 16.1. The first kappa shape index (κ1) is 19.2. The largest absolute Gasteiger partial charge is 0.370 e. The molecular weight excluding hydrogens is 352 g/mol. The van der Waals surface area contributed by atoms with E-state index in [-0.39, 0.29) is 11.6 Å². The quantitative estimate of drug-likeness (QED) is 0.764. The molecule has 0 aromatic carbocycles. The second kappa shape index (κ2) is 8.07. The fourth-order valence-corrected chi connectivity index (χ4v) is 4.60. The molecule has 28 heavy (non-hydrogen) atoms. The molecule has 2 saturated heterocycles. The lowest BCUT2D eigenvalue weighted by Crippen LogP contribution is -2.42. The van der Waals surface area contributed by atoms with E-state index in [1.54, 1.807) is 10.7 Å². The lowest BCUT2D eigenvalue weighted by atomic mass is 10.0. The van der Waals surface area contributed by atoms with Gasteiger partial charge in [0.05, 0.1) is 23.6 Å². The van der Waals surface area contributed by atoms with E-state index in [1.807, 2.05) is 17.9 Å². The second-order valence-corrected chi connectivity index (χ2v) is 8.07. The lowest BCUT2D eigenvalue weighted by Gasteiger charge is -2.34. The second-order valence-electron chi connectivity index (χ2n) is 8.07. The first-order valence-corrected chi connectivity index (χ1v) is 10.7. The molecule has 4 rings (SSSR count). The molecule has 152 valence electrons. The van der Waals surface area contributed by atoms with Crippen molar-refractivity contribution in [3.05, 3.63) is 39.6 Å². The topological polar surface area (TPSA) is 59.2 Å². The fraction of sp³-hybridized carbons (Fsp3) is 0.667. The number of nitrogens with zero attached hydrogens (tertiary/aromatic N) is 6. The molecule has 7 nitrogen and oxygen atoms in total. The zero-order valence-electron chi connectivity index (χ0n) is 17.4. The van der Waals surface area contributed by atoms with Crippen molar-refractivity contribution in [3.8, 4) is 0 Å². The van der Waals surface area contributed by atoms with Crippen LogP contribution < -0.4 is 10.5 Å². The van der Waals surface area contributed by atoms with Crippen molar-refractivity contribution >= 4 is 5.69 Å². The van der Waals surface area contributed by atoms with Crippen LogP contribution in [0.2, 0.25) is 0 Å². The van der Waals surface area contributed by atoms with Crippen molar-refractivity contribution in [1.82, 2.24) is 24.5 Å². The third-order valence-electron chi connectivity index (χ3n) is 6.27. The van der Waals surface area contributed by atoms with Crippen molar-refractivity contribution in [1.29, 1.82) is 0 Å². The van der Waals surface area contributed by atoms with E-state index in [9.17, 15) is 4.79 Å². The maximum absolute atomic E-state index is 12.7. The zero-order valence-corrected chi connectivity index (χ0v) is 17.4. The van der Waals surface area contributed by atoms with Crippen molar-refractivity contribution in [2.75, 3.05) is 31.1 Å². The number of piperidine rings is 1. The molecule has 2 aliphatic heterocycles. The van der Waals surface area contributed by atoms with Crippen molar-refractivity contribution < 1.29 is 0 Å². The average molecular weight is 385 g/mol. The van der Waals surface area contributed by atoms with Crippen LogP contribution in [0, 0.1) is 0 Å². The van der Waals surface area contributed by atoms with Crippen LogP contribution in [-0.2, 0) is 26.4 Å². The minimum atomic E-state index is 0.0288. The Kier molecular flexibility index (Phi) is 5.53. The van der Waals surface area contributed by atoms with Crippen LogP contribution in [0.4, 0.5) is 5.69 Å². The molecule has 1 unspecified atom stereocenters. The summed E-state index contributed by atoms with van der Waals surface area (Å²) in [4.78, 5) is 17.4. The first-order chi connectivity index (χ1) is 13.6. The smallest absolute Gasteiger partial charge is 0.269 e. The van der Waals surface area contributed by atoms with Gasteiger partial charge in [-0.1, -0.05) is 13.8 Å². The van der Waals surface area contributed by atoms with Crippen LogP contribution in [0.1, 0.15) is 56.1 Å². The van der Waals surface area contributed by atoms with Crippen molar-refractivity contribution in [3.63, 3.8) is 0 Å².